The molecule has 2 nitrogen and oxygen atoms in total. The summed E-state index contributed by atoms with van der Waals surface area (Å²) in [6, 6.07) is 25.3. The van der Waals surface area contributed by atoms with Gasteiger partial charge in [-0.1, -0.05) is 60.7 Å². The molecule has 1 N–H and O–H groups in total. The van der Waals surface area contributed by atoms with Gasteiger partial charge in [-0.3, -0.25) is 0 Å². The van der Waals surface area contributed by atoms with Crippen LogP contribution in [0.3, 0.4) is 0 Å². The summed E-state index contributed by atoms with van der Waals surface area (Å²) in [5, 5.41) is 5.81. The second-order valence-electron chi connectivity index (χ2n) is 5.88. The van der Waals surface area contributed by atoms with E-state index in [1.807, 2.05) is 0 Å². The van der Waals surface area contributed by atoms with Crippen LogP contribution in [0.1, 0.15) is 11.7 Å². The summed E-state index contributed by atoms with van der Waals surface area (Å²) in [4.78, 5) is 0. The second-order valence-corrected chi connectivity index (χ2v) is 5.88. The summed E-state index contributed by atoms with van der Waals surface area (Å²) in [6.07, 6.45) is 0.114. The number of rotatable bonds is 4. The molecule has 1 heterocycles. The molecule has 0 spiro atoms. The zero-order valence-electron chi connectivity index (χ0n) is 12.8. The highest BCUT2D eigenvalue weighted by molar-refractivity contribution is 5.85. The third-order valence-electron chi connectivity index (χ3n) is 4.35. The number of benzene rings is 3. The maximum absolute atomic E-state index is 6.37. The fourth-order valence-electron chi connectivity index (χ4n) is 2.99. The van der Waals surface area contributed by atoms with Crippen molar-refractivity contribution in [2.24, 2.45) is 5.92 Å². The van der Waals surface area contributed by atoms with Gasteiger partial charge in [0.25, 0.3) is 0 Å². The molecule has 0 aliphatic carbocycles. The largest absolute Gasteiger partial charge is 0.485 e. The minimum atomic E-state index is 0. The predicted octanol–water partition coefficient (Wildman–Crippen LogP) is 4.60. The van der Waals surface area contributed by atoms with Crippen molar-refractivity contribution in [1.82, 2.24) is 5.32 Å². The molecular formula is C20H20ClNO. The quantitative estimate of drug-likeness (QED) is 0.757. The molecular weight excluding hydrogens is 306 g/mol. The van der Waals surface area contributed by atoms with Crippen LogP contribution in [0.4, 0.5) is 0 Å². The highest BCUT2D eigenvalue weighted by atomic mass is 35.5. The van der Waals surface area contributed by atoms with Crippen molar-refractivity contribution >= 4 is 23.2 Å². The average Bonchev–Trinajstić information content (AvgIpc) is 2.53. The first-order valence-corrected chi connectivity index (χ1v) is 7.81. The van der Waals surface area contributed by atoms with Crippen molar-refractivity contribution in [3.05, 3.63) is 78.4 Å². The third kappa shape index (κ3) is 3.34. The van der Waals surface area contributed by atoms with Gasteiger partial charge >= 0.3 is 0 Å². The number of hydrogen-bond donors (Lipinski definition) is 1. The number of nitrogens with one attached hydrogen (secondary N) is 1. The van der Waals surface area contributed by atoms with Gasteiger partial charge in [-0.25, -0.2) is 0 Å². The molecule has 3 aromatic carbocycles. The van der Waals surface area contributed by atoms with E-state index in [9.17, 15) is 0 Å². The molecule has 0 aromatic heterocycles. The van der Waals surface area contributed by atoms with Gasteiger partial charge in [0.05, 0.1) is 0 Å². The summed E-state index contributed by atoms with van der Waals surface area (Å²) in [5.41, 5.74) is 1.25. The highest BCUT2D eigenvalue weighted by Gasteiger charge is 2.30. The van der Waals surface area contributed by atoms with Crippen LogP contribution >= 0.6 is 12.4 Å². The molecule has 3 heteroatoms. The van der Waals surface area contributed by atoms with Crippen molar-refractivity contribution in [1.29, 1.82) is 0 Å². The van der Waals surface area contributed by atoms with Gasteiger partial charge in [-0.2, -0.15) is 0 Å². The zero-order valence-corrected chi connectivity index (χ0v) is 13.6. The fraction of sp³-hybridized carbons (Fsp3) is 0.200. The van der Waals surface area contributed by atoms with E-state index in [0.29, 0.717) is 5.92 Å². The lowest BCUT2D eigenvalue weighted by Crippen LogP contribution is -2.46. The summed E-state index contributed by atoms with van der Waals surface area (Å²) in [6.45, 7) is 2.04. The third-order valence-corrected chi connectivity index (χ3v) is 4.35. The van der Waals surface area contributed by atoms with Gasteiger partial charge in [-0.05, 0) is 28.5 Å². The maximum atomic E-state index is 6.37. The van der Waals surface area contributed by atoms with Gasteiger partial charge in [0.2, 0.25) is 0 Å². The molecule has 1 aliphatic heterocycles. The van der Waals surface area contributed by atoms with Crippen molar-refractivity contribution < 1.29 is 4.74 Å². The molecule has 1 saturated heterocycles. The van der Waals surface area contributed by atoms with E-state index >= 15 is 0 Å². The summed E-state index contributed by atoms with van der Waals surface area (Å²) in [7, 11) is 0. The molecule has 4 rings (SSSR count). The van der Waals surface area contributed by atoms with Gasteiger partial charge in [-0.15, -0.1) is 12.4 Å². The molecule has 1 atom stereocenters. The predicted molar refractivity (Wildman–Crippen MR) is 97.4 cm³/mol. The highest BCUT2D eigenvalue weighted by Crippen LogP contribution is 2.32. The molecule has 3 aromatic rings. The molecule has 0 radical (unpaired) electrons. The Morgan fingerprint density at radius 2 is 1.52 bits per heavy atom. The standard InChI is InChI=1S/C20H19NO.ClH/c1-2-7-16(8-3-1)20(18-13-21-14-18)22-19-11-10-15-6-4-5-9-17(15)12-19;/h1-12,18,20-21H,13-14H2;1H. The summed E-state index contributed by atoms with van der Waals surface area (Å²) < 4.78 is 6.37. The molecule has 0 saturated carbocycles. The van der Waals surface area contributed by atoms with E-state index in [-0.39, 0.29) is 18.5 Å². The van der Waals surface area contributed by atoms with Crippen LogP contribution in [0.25, 0.3) is 10.8 Å². The van der Waals surface area contributed by atoms with E-state index in [4.69, 9.17) is 4.74 Å². The molecule has 0 bridgehead atoms. The second kappa shape index (κ2) is 7.03. The first kappa shape index (κ1) is 15.9. The Hall–Kier alpha value is -2.03. The first-order valence-electron chi connectivity index (χ1n) is 7.81. The Labute approximate surface area is 142 Å². The Bertz CT molecular complexity index is 771. The van der Waals surface area contributed by atoms with Gasteiger partial charge in [0.15, 0.2) is 0 Å². The van der Waals surface area contributed by atoms with Crippen LogP contribution in [-0.4, -0.2) is 13.1 Å². The van der Waals surface area contributed by atoms with E-state index in [0.717, 1.165) is 18.8 Å². The van der Waals surface area contributed by atoms with E-state index in [1.54, 1.807) is 0 Å². The van der Waals surface area contributed by atoms with Crippen LogP contribution in [-0.2, 0) is 0 Å². The van der Waals surface area contributed by atoms with Gasteiger partial charge in [0, 0.05) is 19.0 Å². The van der Waals surface area contributed by atoms with Crippen molar-refractivity contribution in [3.63, 3.8) is 0 Å². The zero-order chi connectivity index (χ0) is 14.8. The van der Waals surface area contributed by atoms with Gasteiger partial charge < -0.3 is 10.1 Å². The minimum Gasteiger partial charge on any atom is -0.485 e. The lowest BCUT2D eigenvalue weighted by Gasteiger charge is -2.35. The van der Waals surface area contributed by atoms with Crippen LogP contribution in [0.5, 0.6) is 5.75 Å². The number of ether oxygens (including phenoxy) is 1. The number of halogens is 1. The lowest BCUT2D eigenvalue weighted by atomic mass is 9.91. The Kier molecular flexibility index (Phi) is 4.85. The van der Waals surface area contributed by atoms with E-state index < -0.39 is 0 Å². The monoisotopic (exact) mass is 325 g/mol. The Morgan fingerprint density at radius 1 is 0.826 bits per heavy atom. The van der Waals surface area contributed by atoms with Crippen molar-refractivity contribution in [2.75, 3.05) is 13.1 Å². The Balaban J connectivity index is 0.00000156. The minimum absolute atomic E-state index is 0. The molecule has 1 fully saturated rings. The van der Waals surface area contributed by atoms with E-state index in [1.165, 1.54) is 16.3 Å². The number of hydrogen-bond acceptors (Lipinski definition) is 2. The van der Waals surface area contributed by atoms with Crippen molar-refractivity contribution in [2.45, 2.75) is 6.10 Å². The van der Waals surface area contributed by atoms with Crippen LogP contribution in [0.15, 0.2) is 72.8 Å². The molecule has 118 valence electrons. The fourth-order valence-corrected chi connectivity index (χ4v) is 2.99. The molecule has 1 aliphatic rings. The average molecular weight is 326 g/mol. The van der Waals surface area contributed by atoms with Crippen LogP contribution < -0.4 is 10.1 Å². The van der Waals surface area contributed by atoms with Gasteiger partial charge in [0.1, 0.15) is 11.9 Å². The topological polar surface area (TPSA) is 21.3 Å². The number of fused-ring (bicyclic) bond motifs is 1. The van der Waals surface area contributed by atoms with Crippen LogP contribution in [0, 0.1) is 5.92 Å². The van der Waals surface area contributed by atoms with Crippen LogP contribution in [0.2, 0.25) is 0 Å². The summed E-state index contributed by atoms with van der Waals surface area (Å²) in [5.74, 6) is 1.48. The Morgan fingerprint density at radius 3 is 2.22 bits per heavy atom. The lowest BCUT2D eigenvalue weighted by molar-refractivity contribution is 0.0995. The maximum Gasteiger partial charge on any atom is 0.129 e. The first-order chi connectivity index (χ1) is 10.9. The molecule has 0 amide bonds. The summed E-state index contributed by atoms with van der Waals surface area (Å²) >= 11 is 0. The van der Waals surface area contributed by atoms with Crippen molar-refractivity contribution in [3.8, 4) is 5.75 Å². The molecule has 23 heavy (non-hydrogen) atoms. The smallest absolute Gasteiger partial charge is 0.129 e. The van der Waals surface area contributed by atoms with E-state index in [2.05, 4.69) is 78.1 Å². The SMILES string of the molecule is Cl.c1ccc(C(Oc2ccc3ccccc3c2)C2CNC2)cc1. The molecule has 1 unspecified atom stereocenters. The normalized spacial score (nSPS) is 15.5.